The summed E-state index contributed by atoms with van der Waals surface area (Å²) >= 11 is 9.04. The Balaban J connectivity index is 1.28. The van der Waals surface area contributed by atoms with Gasteiger partial charge in [0.1, 0.15) is 16.3 Å². The number of thiophene rings is 1. The Labute approximate surface area is 185 Å². The fourth-order valence-corrected chi connectivity index (χ4v) is 5.63. The zero-order valence-electron chi connectivity index (χ0n) is 16.0. The van der Waals surface area contributed by atoms with Crippen LogP contribution in [0.2, 0.25) is 5.02 Å². The van der Waals surface area contributed by atoms with E-state index in [9.17, 15) is 4.79 Å². The van der Waals surface area contributed by atoms with E-state index in [0.29, 0.717) is 33.3 Å². The Kier molecular flexibility index (Phi) is 4.47. The number of nitrogens with zero attached hydrogens (tertiary/aromatic N) is 4. The first-order valence-corrected chi connectivity index (χ1v) is 12.2. The third-order valence-electron chi connectivity index (χ3n) is 5.44. The van der Waals surface area contributed by atoms with Crippen molar-refractivity contribution in [1.29, 1.82) is 0 Å². The minimum absolute atomic E-state index is 0.0943. The molecule has 0 spiro atoms. The van der Waals surface area contributed by atoms with E-state index in [-0.39, 0.29) is 5.56 Å². The first-order valence-electron chi connectivity index (χ1n) is 10.0. The number of rotatable bonds is 6. The predicted molar refractivity (Wildman–Crippen MR) is 121 cm³/mol. The van der Waals surface area contributed by atoms with Crippen LogP contribution >= 0.6 is 34.7 Å². The van der Waals surface area contributed by atoms with Gasteiger partial charge in [-0.25, -0.2) is 4.98 Å². The minimum atomic E-state index is -0.0943. The fraction of sp³-hybridized carbons (Fsp3) is 0.333. The summed E-state index contributed by atoms with van der Waals surface area (Å²) < 4.78 is 2.97. The first kappa shape index (κ1) is 18.6. The summed E-state index contributed by atoms with van der Waals surface area (Å²) in [6, 6.07) is 10.1. The van der Waals surface area contributed by atoms with Gasteiger partial charge in [-0.2, -0.15) is 0 Å². The van der Waals surface area contributed by atoms with Gasteiger partial charge in [-0.05, 0) is 49.4 Å². The highest BCUT2D eigenvalue weighted by molar-refractivity contribution is 7.98. The smallest absolute Gasteiger partial charge is 0.268 e. The Bertz CT molecular complexity index is 1300. The van der Waals surface area contributed by atoms with Crippen LogP contribution in [0.1, 0.15) is 49.3 Å². The van der Waals surface area contributed by atoms with Gasteiger partial charge in [0.05, 0.1) is 11.3 Å². The van der Waals surface area contributed by atoms with Crippen LogP contribution in [0.15, 0.2) is 40.3 Å². The fourth-order valence-electron chi connectivity index (χ4n) is 3.63. The van der Waals surface area contributed by atoms with Crippen molar-refractivity contribution >= 4 is 44.9 Å². The molecule has 0 saturated heterocycles. The zero-order chi connectivity index (χ0) is 20.2. The average molecular weight is 456 g/mol. The molecule has 6 rings (SSSR count). The number of hydrogen-bond acceptors (Lipinski definition) is 6. The molecule has 0 radical (unpaired) electrons. The summed E-state index contributed by atoms with van der Waals surface area (Å²) in [5.74, 6) is 2.95. The van der Waals surface area contributed by atoms with Gasteiger partial charge in [0, 0.05) is 21.9 Å². The molecule has 4 aromatic rings. The van der Waals surface area contributed by atoms with Gasteiger partial charge >= 0.3 is 0 Å². The summed E-state index contributed by atoms with van der Waals surface area (Å²) in [4.78, 5) is 21.3. The normalized spacial score (nSPS) is 16.4. The van der Waals surface area contributed by atoms with Crippen LogP contribution in [-0.4, -0.2) is 24.7 Å². The molecule has 3 heterocycles. The molecule has 0 atom stereocenters. The van der Waals surface area contributed by atoms with Crippen molar-refractivity contribution in [2.24, 2.45) is 0 Å². The van der Waals surface area contributed by atoms with E-state index in [4.69, 9.17) is 16.6 Å². The molecule has 6 nitrogen and oxygen atoms in total. The summed E-state index contributed by atoms with van der Waals surface area (Å²) in [6.45, 7) is 0. The Morgan fingerprint density at radius 1 is 1.17 bits per heavy atom. The number of nitrogens with one attached hydrogen (secondary N) is 1. The molecular weight excluding hydrogens is 438 g/mol. The lowest BCUT2D eigenvalue weighted by Gasteiger charge is -2.07. The molecule has 2 aliphatic carbocycles. The summed E-state index contributed by atoms with van der Waals surface area (Å²) in [6.07, 6.45) is 4.84. The van der Waals surface area contributed by atoms with E-state index < -0.39 is 0 Å². The number of aromatic nitrogens is 5. The topological polar surface area (TPSA) is 76.5 Å². The van der Waals surface area contributed by atoms with E-state index in [2.05, 4.69) is 19.7 Å². The van der Waals surface area contributed by atoms with Crippen molar-refractivity contribution in [3.05, 3.63) is 57.4 Å². The molecule has 1 N–H and O–H groups in total. The summed E-state index contributed by atoms with van der Waals surface area (Å²) in [5, 5.41) is 10.5. The van der Waals surface area contributed by atoms with Gasteiger partial charge in [-0.15, -0.1) is 21.5 Å². The maximum absolute atomic E-state index is 12.6. The molecule has 9 heteroatoms. The van der Waals surface area contributed by atoms with E-state index in [1.807, 2.05) is 30.3 Å². The molecule has 2 aliphatic rings. The Morgan fingerprint density at radius 3 is 2.70 bits per heavy atom. The third-order valence-corrected chi connectivity index (χ3v) is 7.82. The monoisotopic (exact) mass is 455 g/mol. The lowest BCUT2D eigenvalue weighted by atomic mass is 10.2. The molecule has 0 bridgehead atoms. The quantitative estimate of drug-likeness (QED) is 0.394. The van der Waals surface area contributed by atoms with Crippen LogP contribution in [0.5, 0.6) is 0 Å². The highest BCUT2D eigenvalue weighted by atomic mass is 35.5. The Morgan fingerprint density at radius 2 is 1.97 bits per heavy atom. The van der Waals surface area contributed by atoms with Crippen molar-refractivity contribution in [1.82, 2.24) is 24.7 Å². The number of H-pyrrole nitrogens is 1. The highest BCUT2D eigenvalue weighted by Crippen LogP contribution is 2.46. The lowest BCUT2D eigenvalue weighted by molar-refractivity contribution is 0.626. The zero-order valence-corrected chi connectivity index (χ0v) is 18.4. The molecule has 1 aromatic carbocycles. The van der Waals surface area contributed by atoms with Gasteiger partial charge in [0.2, 0.25) is 0 Å². The van der Waals surface area contributed by atoms with Crippen molar-refractivity contribution in [3.63, 3.8) is 0 Å². The lowest BCUT2D eigenvalue weighted by Crippen LogP contribution is -2.09. The maximum atomic E-state index is 12.6. The van der Waals surface area contributed by atoms with E-state index in [1.54, 1.807) is 11.8 Å². The second-order valence-electron chi connectivity index (χ2n) is 7.85. The third kappa shape index (κ3) is 3.46. The first-order chi connectivity index (χ1) is 14.7. The van der Waals surface area contributed by atoms with E-state index >= 15 is 0 Å². The van der Waals surface area contributed by atoms with Crippen LogP contribution < -0.4 is 5.56 Å². The van der Waals surface area contributed by atoms with Crippen LogP contribution in [0.4, 0.5) is 0 Å². The highest BCUT2D eigenvalue weighted by Gasteiger charge is 2.36. The van der Waals surface area contributed by atoms with E-state index in [0.717, 1.165) is 26.9 Å². The van der Waals surface area contributed by atoms with Crippen molar-refractivity contribution < 1.29 is 0 Å². The molecule has 30 heavy (non-hydrogen) atoms. The summed E-state index contributed by atoms with van der Waals surface area (Å²) in [5.41, 5.74) is 1.66. The molecule has 3 aromatic heterocycles. The number of aromatic amines is 1. The van der Waals surface area contributed by atoms with Crippen LogP contribution in [-0.2, 0) is 5.75 Å². The minimum Gasteiger partial charge on any atom is -0.309 e. The maximum Gasteiger partial charge on any atom is 0.268 e. The molecule has 0 aliphatic heterocycles. The largest absolute Gasteiger partial charge is 0.309 e. The number of halogens is 1. The molecule has 0 amide bonds. The second kappa shape index (κ2) is 7.21. The van der Waals surface area contributed by atoms with Gasteiger partial charge in [0.15, 0.2) is 5.16 Å². The molecule has 152 valence electrons. The van der Waals surface area contributed by atoms with Crippen LogP contribution in [0.3, 0.4) is 0 Å². The standard InChI is InChI=1S/C21H18ClN5OS2/c22-13-5-3-11(4-6-13)16-9-15-18(30-16)20(28)24-17(23-15)10-29-21-26-25-19(12-1-2-12)27(21)14-7-8-14/h3-6,9,12,14H,1-2,7-8,10H2,(H,23,24,28). The molecular formula is C21H18ClN5OS2. The van der Waals surface area contributed by atoms with Gasteiger partial charge in [0.25, 0.3) is 5.56 Å². The Hall–Kier alpha value is -2.16. The van der Waals surface area contributed by atoms with Crippen LogP contribution in [0, 0.1) is 0 Å². The van der Waals surface area contributed by atoms with Gasteiger partial charge in [-0.3, -0.25) is 4.79 Å². The molecule has 0 unspecified atom stereocenters. The molecule has 2 saturated carbocycles. The van der Waals surface area contributed by atoms with Crippen molar-refractivity contribution in [3.8, 4) is 10.4 Å². The van der Waals surface area contributed by atoms with Gasteiger partial charge in [-0.1, -0.05) is 35.5 Å². The average Bonchev–Trinajstić information content (AvgIpc) is 3.67. The second-order valence-corrected chi connectivity index (χ2v) is 10.3. The number of hydrogen-bond donors (Lipinski definition) is 1. The van der Waals surface area contributed by atoms with Gasteiger partial charge < -0.3 is 9.55 Å². The van der Waals surface area contributed by atoms with Crippen LogP contribution in [0.25, 0.3) is 20.7 Å². The molecule has 2 fully saturated rings. The van der Waals surface area contributed by atoms with Crippen molar-refractivity contribution in [2.45, 2.75) is 48.6 Å². The summed E-state index contributed by atoms with van der Waals surface area (Å²) in [7, 11) is 0. The van der Waals surface area contributed by atoms with Crippen molar-refractivity contribution in [2.75, 3.05) is 0 Å². The number of benzene rings is 1. The van der Waals surface area contributed by atoms with E-state index in [1.165, 1.54) is 37.0 Å². The SMILES string of the molecule is O=c1[nH]c(CSc2nnc(C3CC3)n2C2CC2)nc2cc(-c3ccc(Cl)cc3)sc12. The number of fused-ring (bicyclic) bond motifs is 1. The number of thioether (sulfide) groups is 1. The predicted octanol–water partition coefficient (Wildman–Crippen LogP) is 5.40.